The van der Waals surface area contributed by atoms with Gasteiger partial charge in [-0.1, -0.05) is 35.9 Å². The molecule has 9 nitrogen and oxygen atoms in total. The van der Waals surface area contributed by atoms with Crippen LogP contribution in [0.15, 0.2) is 73.8 Å². The van der Waals surface area contributed by atoms with Gasteiger partial charge in [-0.2, -0.15) is 5.10 Å². The second kappa shape index (κ2) is 10.8. The Kier molecular flexibility index (Phi) is 7.56. The lowest BCUT2D eigenvalue weighted by Crippen LogP contribution is -2.32. The molecule has 1 aromatic heterocycles. The van der Waals surface area contributed by atoms with Crippen molar-refractivity contribution in [3.05, 3.63) is 102 Å². The largest absolute Gasteiger partial charge is 0.490 e. The number of benzene rings is 3. The van der Waals surface area contributed by atoms with E-state index in [0.29, 0.717) is 33.3 Å². The van der Waals surface area contributed by atoms with Crippen LogP contribution in [0, 0.1) is 0 Å². The van der Waals surface area contributed by atoms with Gasteiger partial charge in [0.15, 0.2) is 11.5 Å². The molecule has 1 heterocycles. The lowest BCUT2D eigenvalue weighted by molar-refractivity contribution is 0.0697. The zero-order valence-electron chi connectivity index (χ0n) is 18.8. The molecule has 0 bridgehead atoms. The van der Waals surface area contributed by atoms with Crippen molar-refractivity contribution in [1.82, 2.24) is 9.66 Å². The number of aromatic nitrogens is 2. The first-order valence-electron chi connectivity index (χ1n) is 10.7. The van der Waals surface area contributed by atoms with Gasteiger partial charge in [0.05, 0.1) is 29.3 Å². The monoisotopic (exact) mass is 571 g/mol. The van der Waals surface area contributed by atoms with E-state index in [4.69, 9.17) is 26.2 Å². The third-order valence-electron chi connectivity index (χ3n) is 5.14. The molecule has 0 amide bonds. The Labute approximate surface area is 217 Å². The van der Waals surface area contributed by atoms with E-state index in [2.05, 4.69) is 26.0 Å². The lowest BCUT2D eigenvalue weighted by Gasteiger charge is -2.16. The molecule has 0 unspecified atom stereocenters. The third kappa shape index (κ3) is 5.19. The molecule has 0 aliphatic rings. The number of H-pyrrole nitrogens is 1. The van der Waals surface area contributed by atoms with Crippen LogP contribution in [0.25, 0.3) is 10.9 Å². The number of halogens is 2. The number of hydrogen-bond donors (Lipinski definition) is 2. The summed E-state index contributed by atoms with van der Waals surface area (Å²) in [6.45, 7) is 2.23. The van der Waals surface area contributed by atoms with E-state index in [1.165, 1.54) is 18.3 Å². The first-order valence-corrected chi connectivity index (χ1v) is 11.9. The van der Waals surface area contributed by atoms with Crippen molar-refractivity contribution in [2.75, 3.05) is 6.61 Å². The Morgan fingerprint density at radius 2 is 1.89 bits per heavy atom. The average molecular weight is 573 g/mol. The highest BCUT2D eigenvalue weighted by atomic mass is 79.9. The third-order valence-corrected chi connectivity index (χ3v) is 6.58. The summed E-state index contributed by atoms with van der Waals surface area (Å²) in [4.78, 5) is 38.8. The zero-order chi connectivity index (χ0) is 25.8. The fourth-order valence-corrected chi connectivity index (χ4v) is 4.03. The van der Waals surface area contributed by atoms with E-state index < -0.39 is 17.2 Å². The standard InChI is InChI=1S/C25H19BrClN3O6/c1-2-35-19-11-16(12-28-30-23(31)17-5-3-4-6-18(17)29-25(30)34)20(26)21(27)22(19)36-13-14-7-9-15(10-8-14)24(32)33/h3-12H,2,13H2,1H3,(H,29,34)(H,32,33). The Morgan fingerprint density at radius 3 is 2.58 bits per heavy atom. The molecule has 0 aliphatic heterocycles. The number of para-hydroxylation sites is 1. The summed E-state index contributed by atoms with van der Waals surface area (Å²) in [6, 6.07) is 14.5. The van der Waals surface area contributed by atoms with Crippen LogP contribution >= 0.6 is 27.5 Å². The van der Waals surface area contributed by atoms with Gasteiger partial charge in [-0.15, -0.1) is 4.68 Å². The normalized spacial score (nSPS) is 11.2. The van der Waals surface area contributed by atoms with Gasteiger partial charge in [-0.05, 0) is 58.7 Å². The minimum absolute atomic E-state index is 0.113. The second-order valence-corrected chi connectivity index (χ2v) is 8.65. The molecule has 4 aromatic rings. The van der Waals surface area contributed by atoms with Crippen LogP contribution in [0.5, 0.6) is 11.5 Å². The second-order valence-electron chi connectivity index (χ2n) is 7.48. The number of ether oxygens (including phenoxy) is 2. The quantitative estimate of drug-likeness (QED) is 0.296. The summed E-state index contributed by atoms with van der Waals surface area (Å²) in [5.41, 5.74) is 0.516. The number of carboxylic acid groups (broad SMARTS) is 1. The molecule has 3 aromatic carbocycles. The molecule has 2 N–H and O–H groups in total. The fourth-order valence-electron chi connectivity index (χ4n) is 3.37. The lowest BCUT2D eigenvalue weighted by atomic mass is 10.1. The number of aromatic amines is 1. The molecule has 184 valence electrons. The minimum atomic E-state index is -1.02. The maximum atomic E-state index is 12.7. The Balaban J connectivity index is 1.66. The molecular formula is C25H19BrClN3O6. The van der Waals surface area contributed by atoms with Gasteiger partial charge in [-0.3, -0.25) is 4.79 Å². The van der Waals surface area contributed by atoms with Crippen molar-refractivity contribution in [3.63, 3.8) is 0 Å². The maximum absolute atomic E-state index is 12.7. The van der Waals surface area contributed by atoms with Gasteiger partial charge in [0.1, 0.15) is 11.6 Å². The minimum Gasteiger partial charge on any atom is -0.490 e. The van der Waals surface area contributed by atoms with Crippen LogP contribution in [-0.4, -0.2) is 33.6 Å². The van der Waals surface area contributed by atoms with Crippen LogP contribution in [0.2, 0.25) is 5.02 Å². The van der Waals surface area contributed by atoms with Gasteiger partial charge in [-0.25, -0.2) is 9.59 Å². The van der Waals surface area contributed by atoms with E-state index in [0.717, 1.165) is 10.2 Å². The SMILES string of the molecule is CCOc1cc(C=Nn2c(=O)[nH]c3ccccc3c2=O)c(Br)c(Cl)c1OCc1ccc(C(=O)O)cc1. The van der Waals surface area contributed by atoms with Crippen molar-refractivity contribution in [1.29, 1.82) is 0 Å². The average Bonchev–Trinajstić information content (AvgIpc) is 2.86. The molecule has 0 saturated heterocycles. The van der Waals surface area contributed by atoms with Gasteiger partial charge < -0.3 is 19.6 Å². The van der Waals surface area contributed by atoms with Gasteiger partial charge >= 0.3 is 11.7 Å². The maximum Gasteiger partial charge on any atom is 0.349 e. The van der Waals surface area contributed by atoms with Gasteiger partial charge in [0.2, 0.25) is 0 Å². The summed E-state index contributed by atoms with van der Waals surface area (Å²) >= 11 is 9.99. The van der Waals surface area contributed by atoms with Crippen molar-refractivity contribution >= 4 is 50.6 Å². The number of fused-ring (bicyclic) bond motifs is 1. The molecule has 0 atom stereocenters. The summed E-state index contributed by atoms with van der Waals surface area (Å²) < 4.78 is 12.8. The molecule has 0 aliphatic carbocycles. The summed E-state index contributed by atoms with van der Waals surface area (Å²) in [6.07, 6.45) is 1.32. The Morgan fingerprint density at radius 1 is 1.17 bits per heavy atom. The number of nitrogens with zero attached hydrogens (tertiary/aromatic N) is 2. The van der Waals surface area contributed by atoms with E-state index >= 15 is 0 Å². The predicted octanol–water partition coefficient (Wildman–Crippen LogP) is 4.66. The topological polar surface area (TPSA) is 123 Å². The first-order chi connectivity index (χ1) is 17.3. The summed E-state index contributed by atoms with van der Waals surface area (Å²) in [5.74, 6) is -0.419. The molecule has 36 heavy (non-hydrogen) atoms. The molecular weight excluding hydrogens is 554 g/mol. The van der Waals surface area contributed by atoms with E-state index in [1.807, 2.05) is 0 Å². The molecule has 0 saturated carbocycles. The summed E-state index contributed by atoms with van der Waals surface area (Å²) in [7, 11) is 0. The zero-order valence-corrected chi connectivity index (χ0v) is 21.2. The Bertz CT molecular complexity index is 1590. The number of hydrogen-bond acceptors (Lipinski definition) is 6. The number of carboxylic acids is 1. The highest BCUT2D eigenvalue weighted by molar-refractivity contribution is 9.10. The highest BCUT2D eigenvalue weighted by Crippen LogP contribution is 2.42. The highest BCUT2D eigenvalue weighted by Gasteiger charge is 2.18. The Hall–Kier alpha value is -3.89. The first kappa shape index (κ1) is 25.2. The molecule has 0 fully saturated rings. The van der Waals surface area contributed by atoms with Gasteiger partial charge in [0.25, 0.3) is 5.56 Å². The number of nitrogens with one attached hydrogen (secondary N) is 1. The molecule has 0 spiro atoms. The van der Waals surface area contributed by atoms with Crippen molar-refractivity contribution < 1.29 is 19.4 Å². The number of carbonyl (C=O) groups is 1. The predicted molar refractivity (Wildman–Crippen MR) is 140 cm³/mol. The molecule has 0 radical (unpaired) electrons. The van der Waals surface area contributed by atoms with Crippen molar-refractivity contribution in [2.24, 2.45) is 5.10 Å². The van der Waals surface area contributed by atoms with E-state index in [1.54, 1.807) is 49.4 Å². The van der Waals surface area contributed by atoms with Crippen LogP contribution in [-0.2, 0) is 6.61 Å². The van der Waals surface area contributed by atoms with Crippen molar-refractivity contribution in [3.8, 4) is 11.5 Å². The number of rotatable bonds is 8. The number of aromatic carboxylic acids is 1. The van der Waals surface area contributed by atoms with Crippen LogP contribution in [0.4, 0.5) is 0 Å². The summed E-state index contributed by atoms with van der Waals surface area (Å²) in [5, 5.41) is 13.6. The molecule has 11 heteroatoms. The molecule has 4 rings (SSSR count). The van der Waals surface area contributed by atoms with Crippen molar-refractivity contribution in [2.45, 2.75) is 13.5 Å². The van der Waals surface area contributed by atoms with E-state index in [9.17, 15) is 14.4 Å². The van der Waals surface area contributed by atoms with Crippen LogP contribution in [0.3, 0.4) is 0 Å². The fraction of sp³-hybridized carbons (Fsp3) is 0.120. The van der Waals surface area contributed by atoms with Crippen LogP contribution < -0.4 is 20.7 Å². The smallest absolute Gasteiger partial charge is 0.349 e. The van der Waals surface area contributed by atoms with E-state index in [-0.39, 0.29) is 22.9 Å². The van der Waals surface area contributed by atoms with Crippen LogP contribution in [0.1, 0.15) is 28.4 Å². The van der Waals surface area contributed by atoms with Gasteiger partial charge in [0, 0.05) is 10.0 Å².